The van der Waals surface area contributed by atoms with E-state index in [0.29, 0.717) is 19.4 Å². The second kappa shape index (κ2) is 8.81. The van der Waals surface area contributed by atoms with E-state index >= 15 is 0 Å². The number of hydrogen-bond acceptors (Lipinski definition) is 4. The molecule has 1 aliphatic heterocycles. The third kappa shape index (κ3) is 4.22. The summed E-state index contributed by atoms with van der Waals surface area (Å²) in [4.78, 5) is 18.5. The Morgan fingerprint density at radius 2 is 2.08 bits per heavy atom. The van der Waals surface area contributed by atoms with Gasteiger partial charge in [-0.05, 0) is 44.5 Å². The number of carboxylic acid groups (broad SMARTS) is 1. The first-order valence-electron chi connectivity index (χ1n) is 9.31. The van der Waals surface area contributed by atoms with Crippen molar-refractivity contribution in [2.75, 3.05) is 13.2 Å². The van der Waals surface area contributed by atoms with E-state index in [4.69, 9.17) is 4.74 Å². The lowest BCUT2D eigenvalue weighted by Crippen LogP contribution is -2.47. The lowest BCUT2D eigenvalue weighted by molar-refractivity contribution is -0.146. The van der Waals surface area contributed by atoms with E-state index in [-0.39, 0.29) is 6.04 Å². The molecule has 1 fully saturated rings. The largest absolute Gasteiger partial charge is 0.494 e. The van der Waals surface area contributed by atoms with Gasteiger partial charge in [0.2, 0.25) is 0 Å². The summed E-state index contributed by atoms with van der Waals surface area (Å²) in [6, 6.07) is 13.3. The second-order valence-electron chi connectivity index (χ2n) is 6.60. The van der Waals surface area contributed by atoms with Gasteiger partial charge in [0, 0.05) is 29.9 Å². The van der Waals surface area contributed by atoms with Crippen molar-refractivity contribution < 1.29 is 14.6 Å². The lowest BCUT2D eigenvalue weighted by atomic mass is 9.93. The van der Waals surface area contributed by atoms with Crippen molar-refractivity contribution in [2.24, 2.45) is 0 Å². The molecule has 0 amide bonds. The average Bonchev–Trinajstić information content (AvgIpc) is 2.68. The molecule has 0 bridgehead atoms. The van der Waals surface area contributed by atoms with Crippen LogP contribution in [0.25, 0.3) is 0 Å². The molecule has 5 heteroatoms. The van der Waals surface area contributed by atoms with E-state index in [0.717, 1.165) is 36.4 Å². The Balaban J connectivity index is 2.00. The van der Waals surface area contributed by atoms with Gasteiger partial charge in [-0.1, -0.05) is 30.7 Å². The van der Waals surface area contributed by atoms with E-state index in [9.17, 15) is 9.90 Å². The Kier molecular flexibility index (Phi) is 6.23. The fourth-order valence-electron chi connectivity index (χ4n) is 3.76. The predicted molar refractivity (Wildman–Crippen MR) is 100 cm³/mol. The van der Waals surface area contributed by atoms with Crippen molar-refractivity contribution in [1.29, 1.82) is 0 Å². The highest BCUT2D eigenvalue weighted by molar-refractivity contribution is 5.73. The highest BCUT2D eigenvalue weighted by atomic mass is 16.5. The first-order chi connectivity index (χ1) is 12.7. The maximum atomic E-state index is 11.9. The van der Waals surface area contributed by atoms with Crippen molar-refractivity contribution >= 4 is 5.97 Å². The van der Waals surface area contributed by atoms with Crippen LogP contribution in [0.4, 0.5) is 0 Å². The van der Waals surface area contributed by atoms with Gasteiger partial charge in [0.05, 0.1) is 6.61 Å². The van der Waals surface area contributed by atoms with Crippen molar-refractivity contribution in [3.8, 4) is 5.75 Å². The monoisotopic (exact) mass is 354 g/mol. The number of hydrogen-bond donors (Lipinski definition) is 1. The molecule has 2 heterocycles. The van der Waals surface area contributed by atoms with Crippen LogP contribution < -0.4 is 4.74 Å². The van der Waals surface area contributed by atoms with Crippen LogP contribution in [0.5, 0.6) is 5.75 Å². The molecule has 5 nitrogen and oxygen atoms in total. The molecule has 0 radical (unpaired) electrons. The van der Waals surface area contributed by atoms with E-state index < -0.39 is 12.0 Å². The van der Waals surface area contributed by atoms with Gasteiger partial charge in [-0.25, -0.2) is 0 Å². The second-order valence-corrected chi connectivity index (χ2v) is 6.60. The maximum Gasteiger partial charge on any atom is 0.320 e. The first-order valence-corrected chi connectivity index (χ1v) is 9.31. The van der Waals surface area contributed by atoms with Gasteiger partial charge in [-0.15, -0.1) is 0 Å². The number of carboxylic acids is 1. The maximum absolute atomic E-state index is 11.9. The predicted octanol–water partition coefficient (Wildman–Crippen LogP) is 3.70. The summed E-state index contributed by atoms with van der Waals surface area (Å²) >= 11 is 0. The number of piperidine rings is 1. The van der Waals surface area contributed by atoms with E-state index in [2.05, 4.69) is 9.88 Å². The van der Waals surface area contributed by atoms with Crippen LogP contribution in [0.2, 0.25) is 0 Å². The van der Waals surface area contributed by atoms with Crippen LogP contribution in [0.3, 0.4) is 0 Å². The number of pyridine rings is 1. The standard InChI is InChI=1S/C21H26N2O3/c1-2-26-20-12-4-3-10-17(20)19(15-16-9-5-7-13-22-16)23-14-8-6-11-18(23)21(24)25/h3-5,7,9-10,12-13,18-19H,2,6,8,11,14-15H2,1H3,(H,24,25). The minimum Gasteiger partial charge on any atom is -0.494 e. The summed E-state index contributed by atoms with van der Waals surface area (Å²) in [6.07, 6.45) is 5.10. The molecule has 0 saturated carbocycles. The Morgan fingerprint density at radius 1 is 1.27 bits per heavy atom. The molecule has 2 atom stereocenters. The van der Waals surface area contributed by atoms with E-state index in [1.807, 2.05) is 49.4 Å². The zero-order valence-electron chi connectivity index (χ0n) is 15.2. The van der Waals surface area contributed by atoms with Crippen LogP contribution >= 0.6 is 0 Å². The Hall–Kier alpha value is -2.40. The SMILES string of the molecule is CCOc1ccccc1C(Cc1ccccn1)N1CCCCC1C(=O)O. The van der Waals surface area contributed by atoms with Crippen LogP contribution in [-0.4, -0.2) is 40.2 Å². The lowest BCUT2D eigenvalue weighted by Gasteiger charge is -2.39. The summed E-state index contributed by atoms with van der Waals surface area (Å²) in [5.41, 5.74) is 1.99. The third-order valence-corrected chi connectivity index (χ3v) is 4.94. The molecule has 2 aromatic rings. The fourth-order valence-corrected chi connectivity index (χ4v) is 3.76. The van der Waals surface area contributed by atoms with Crippen molar-refractivity contribution in [2.45, 2.75) is 44.7 Å². The van der Waals surface area contributed by atoms with Gasteiger partial charge < -0.3 is 9.84 Å². The van der Waals surface area contributed by atoms with Crippen LogP contribution in [0.1, 0.15) is 43.5 Å². The van der Waals surface area contributed by atoms with Crippen molar-refractivity contribution in [3.05, 3.63) is 59.9 Å². The summed E-state index contributed by atoms with van der Waals surface area (Å²) in [6.45, 7) is 3.32. The highest BCUT2D eigenvalue weighted by Crippen LogP contribution is 2.36. The quantitative estimate of drug-likeness (QED) is 0.821. The van der Waals surface area contributed by atoms with Crippen LogP contribution in [-0.2, 0) is 11.2 Å². The number of carbonyl (C=O) groups is 1. The number of aromatic nitrogens is 1. The minimum absolute atomic E-state index is 0.0750. The molecule has 26 heavy (non-hydrogen) atoms. The zero-order valence-corrected chi connectivity index (χ0v) is 15.2. The Bertz CT molecular complexity index is 720. The summed E-state index contributed by atoms with van der Waals surface area (Å²) in [5.74, 6) is 0.0789. The topological polar surface area (TPSA) is 62.7 Å². The molecule has 1 saturated heterocycles. The number of nitrogens with zero attached hydrogens (tertiary/aromatic N) is 2. The molecule has 0 spiro atoms. The Morgan fingerprint density at radius 3 is 2.81 bits per heavy atom. The number of likely N-dealkylation sites (tertiary alicyclic amines) is 1. The van der Waals surface area contributed by atoms with Gasteiger partial charge >= 0.3 is 5.97 Å². The molecule has 1 aromatic heterocycles. The van der Waals surface area contributed by atoms with Crippen molar-refractivity contribution in [3.63, 3.8) is 0 Å². The minimum atomic E-state index is -0.746. The number of rotatable bonds is 7. The summed E-state index contributed by atoms with van der Waals surface area (Å²) in [7, 11) is 0. The fraction of sp³-hybridized carbons (Fsp3) is 0.429. The summed E-state index contributed by atoms with van der Waals surface area (Å²) < 4.78 is 5.85. The van der Waals surface area contributed by atoms with E-state index in [1.54, 1.807) is 6.20 Å². The summed E-state index contributed by atoms with van der Waals surface area (Å²) in [5, 5.41) is 9.75. The number of benzene rings is 1. The number of para-hydroxylation sites is 1. The molecule has 2 unspecified atom stereocenters. The molecular formula is C21H26N2O3. The smallest absolute Gasteiger partial charge is 0.320 e. The molecule has 3 rings (SSSR count). The van der Waals surface area contributed by atoms with Gasteiger partial charge in [0.15, 0.2) is 0 Å². The van der Waals surface area contributed by atoms with Gasteiger partial charge in [0.25, 0.3) is 0 Å². The normalized spacial score (nSPS) is 19.0. The number of aliphatic carboxylic acids is 1. The number of ether oxygens (including phenoxy) is 1. The van der Waals surface area contributed by atoms with Crippen LogP contribution in [0, 0.1) is 0 Å². The van der Waals surface area contributed by atoms with Gasteiger partial charge in [-0.2, -0.15) is 0 Å². The molecule has 0 aliphatic carbocycles. The molecule has 1 aliphatic rings. The van der Waals surface area contributed by atoms with Gasteiger partial charge in [0.1, 0.15) is 11.8 Å². The Labute approximate surface area is 154 Å². The molecular weight excluding hydrogens is 328 g/mol. The molecule has 138 valence electrons. The van der Waals surface area contributed by atoms with Crippen molar-refractivity contribution in [1.82, 2.24) is 9.88 Å². The third-order valence-electron chi connectivity index (χ3n) is 4.94. The zero-order chi connectivity index (χ0) is 18.4. The molecule has 1 aromatic carbocycles. The van der Waals surface area contributed by atoms with E-state index in [1.165, 1.54) is 0 Å². The highest BCUT2D eigenvalue weighted by Gasteiger charge is 2.35. The average molecular weight is 354 g/mol. The molecule has 1 N–H and O–H groups in total. The van der Waals surface area contributed by atoms with Gasteiger partial charge in [-0.3, -0.25) is 14.7 Å². The van der Waals surface area contributed by atoms with Crippen LogP contribution in [0.15, 0.2) is 48.7 Å². The first kappa shape index (κ1) is 18.4.